The van der Waals surface area contributed by atoms with Crippen LogP contribution in [0.2, 0.25) is 0 Å². The Morgan fingerprint density at radius 2 is 2.12 bits per heavy atom. The van der Waals surface area contributed by atoms with Crippen molar-refractivity contribution in [2.75, 3.05) is 5.32 Å². The zero-order valence-electron chi connectivity index (χ0n) is 9.11. The van der Waals surface area contributed by atoms with Gasteiger partial charge in [0.15, 0.2) is 0 Å². The van der Waals surface area contributed by atoms with Crippen molar-refractivity contribution in [3.63, 3.8) is 0 Å². The number of nitrogens with two attached hydrogens (primary N) is 1. The molecule has 1 aliphatic carbocycles. The molecule has 1 saturated carbocycles. The first-order chi connectivity index (χ1) is 7.86. The third-order valence-electron chi connectivity index (χ3n) is 2.92. The Bertz CT molecular complexity index is 518. The average Bonchev–Trinajstić information content (AvgIpc) is 3.13. The van der Waals surface area contributed by atoms with E-state index in [0.29, 0.717) is 12.6 Å². The first-order valence-corrected chi connectivity index (χ1v) is 5.72. The van der Waals surface area contributed by atoms with Crippen LogP contribution in [0.1, 0.15) is 18.5 Å². The van der Waals surface area contributed by atoms with E-state index in [1.54, 1.807) is 0 Å². The molecule has 3 N–H and O–H groups in total. The highest BCUT2D eigenvalue weighted by molar-refractivity contribution is 5.91. The molecule has 0 bridgehead atoms. The molecule has 1 aliphatic rings. The first-order valence-electron chi connectivity index (χ1n) is 5.72. The van der Waals surface area contributed by atoms with Gasteiger partial charge in [-0.1, -0.05) is 18.2 Å². The molecular formula is C13H15N3. The first kappa shape index (κ1) is 9.60. The van der Waals surface area contributed by atoms with E-state index in [9.17, 15) is 0 Å². The minimum atomic E-state index is 0.490. The second-order valence-electron chi connectivity index (χ2n) is 4.30. The average molecular weight is 213 g/mol. The second-order valence-corrected chi connectivity index (χ2v) is 4.30. The summed E-state index contributed by atoms with van der Waals surface area (Å²) in [6.07, 6.45) is 2.54. The zero-order valence-corrected chi connectivity index (χ0v) is 9.11. The maximum atomic E-state index is 5.67. The molecule has 0 spiro atoms. The quantitative estimate of drug-likeness (QED) is 0.822. The van der Waals surface area contributed by atoms with Crippen molar-refractivity contribution in [2.45, 2.75) is 25.4 Å². The van der Waals surface area contributed by atoms with Crippen molar-refractivity contribution in [1.82, 2.24) is 4.98 Å². The maximum absolute atomic E-state index is 5.67. The summed E-state index contributed by atoms with van der Waals surface area (Å²) in [6.45, 7) is 0.490. The molecule has 0 saturated heterocycles. The van der Waals surface area contributed by atoms with E-state index < -0.39 is 0 Å². The second kappa shape index (κ2) is 3.76. The third kappa shape index (κ3) is 1.74. The van der Waals surface area contributed by atoms with E-state index in [2.05, 4.69) is 22.4 Å². The number of hydrogen-bond donors (Lipinski definition) is 2. The Morgan fingerprint density at radius 1 is 1.31 bits per heavy atom. The summed E-state index contributed by atoms with van der Waals surface area (Å²) in [7, 11) is 0. The van der Waals surface area contributed by atoms with Gasteiger partial charge in [-0.05, 0) is 25.0 Å². The summed E-state index contributed by atoms with van der Waals surface area (Å²) in [5.41, 5.74) is 8.81. The molecule has 3 rings (SSSR count). The lowest BCUT2D eigenvalue weighted by Crippen LogP contribution is -2.05. The number of para-hydroxylation sites is 1. The predicted molar refractivity (Wildman–Crippen MR) is 66.3 cm³/mol. The molecule has 2 aromatic rings. The van der Waals surface area contributed by atoms with Gasteiger partial charge < -0.3 is 11.1 Å². The molecule has 1 aromatic carbocycles. The molecule has 0 amide bonds. The van der Waals surface area contributed by atoms with Crippen LogP contribution in [0.4, 0.5) is 5.69 Å². The van der Waals surface area contributed by atoms with Crippen molar-refractivity contribution >= 4 is 16.6 Å². The SMILES string of the molecule is NCc1cc(NC2CC2)c2ccccc2n1. The molecule has 82 valence electrons. The summed E-state index contributed by atoms with van der Waals surface area (Å²) in [5, 5.41) is 4.72. The van der Waals surface area contributed by atoms with Gasteiger partial charge in [-0.15, -0.1) is 0 Å². The standard InChI is InChI=1S/C13H15N3/c14-8-10-7-13(15-9-5-6-9)11-3-1-2-4-12(11)16-10/h1-4,7,9H,5-6,8,14H2,(H,15,16). The van der Waals surface area contributed by atoms with Crippen LogP contribution >= 0.6 is 0 Å². The normalized spacial score (nSPS) is 15.3. The Labute approximate surface area is 94.7 Å². The lowest BCUT2D eigenvalue weighted by atomic mass is 10.1. The van der Waals surface area contributed by atoms with E-state index in [1.807, 2.05) is 18.2 Å². The molecule has 0 unspecified atom stereocenters. The molecule has 16 heavy (non-hydrogen) atoms. The molecule has 0 aliphatic heterocycles. The summed E-state index contributed by atoms with van der Waals surface area (Å²) < 4.78 is 0. The van der Waals surface area contributed by atoms with Crippen molar-refractivity contribution < 1.29 is 0 Å². The van der Waals surface area contributed by atoms with Crippen LogP contribution in [0.15, 0.2) is 30.3 Å². The van der Waals surface area contributed by atoms with Gasteiger partial charge in [0.25, 0.3) is 0 Å². The number of aromatic nitrogens is 1. The van der Waals surface area contributed by atoms with E-state index in [4.69, 9.17) is 5.73 Å². The van der Waals surface area contributed by atoms with E-state index in [1.165, 1.54) is 23.9 Å². The highest BCUT2D eigenvalue weighted by Gasteiger charge is 2.21. The van der Waals surface area contributed by atoms with Crippen LogP contribution in [0, 0.1) is 0 Å². The highest BCUT2D eigenvalue weighted by atomic mass is 15.0. The molecule has 0 radical (unpaired) electrons. The Kier molecular flexibility index (Phi) is 2.26. The molecule has 1 fully saturated rings. The fourth-order valence-corrected chi connectivity index (χ4v) is 1.90. The molecule has 0 atom stereocenters. The van der Waals surface area contributed by atoms with Crippen molar-refractivity contribution in [1.29, 1.82) is 0 Å². The Morgan fingerprint density at radius 3 is 2.88 bits per heavy atom. The fourth-order valence-electron chi connectivity index (χ4n) is 1.90. The van der Waals surface area contributed by atoms with Gasteiger partial charge in [0.05, 0.1) is 11.2 Å². The van der Waals surface area contributed by atoms with Crippen molar-refractivity contribution in [3.05, 3.63) is 36.0 Å². The predicted octanol–water partition coefficient (Wildman–Crippen LogP) is 2.27. The molecule has 1 heterocycles. The lowest BCUT2D eigenvalue weighted by Gasteiger charge is -2.10. The van der Waals surface area contributed by atoms with E-state index in [0.717, 1.165) is 11.2 Å². The van der Waals surface area contributed by atoms with Crippen LogP contribution < -0.4 is 11.1 Å². The number of nitrogens with one attached hydrogen (secondary N) is 1. The van der Waals surface area contributed by atoms with Crippen molar-refractivity contribution in [3.8, 4) is 0 Å². The van der Waals surface area contributed by atoms with Gasteiger partial charge in [-0.25, -0.2) is 0 Å². The van der Waals surface area contributed by atoms with Gasteiger partial charge in [-0.3, -0.25) is 4.98 Å². The summed E-state index contributed by atoms with van der Waals surface area (Å²) in [4.78, 5) is 4.52. The Balaban J connectivity index is 2.13. The summed E-state index contributed by atoms with van der Waals surface area (Å²) >= 11 is 0. The lowest BCUT2D eigenvalue weighted by molar-refractivity contribution is 1.00. The van der Waals surface area contributed by atoms with Gasteiger partial charge in [0, 0.05) is 23.7 Å². The van der Waals surface area contributed by atoms with Crippen LogP contribution in [0.25, 0.3) is 10.9 Å². The number of anilines is 1. The number of rotatable bonds is 3. The molecule has 3 nitrogen and oxygen atoms in total. The summed E-state index contributed by atoms with van der Waals surface area (Å²) in [6, 6.07) is 10.9. The number of fused-ring (bicyclic) bond motifs is 1. The number of pyridine rings is 1. The number of hydrogen-bond acceptors (Lipinski definition) is 3. The van der Waals surface area contributed by atoms with Gasteiger partial charge >= 0.3 is 0 Å². The van der Waals surface area contributed by atoms with E-state index in [-0.39, 0.29) is 0 Å². The number of nitrogens with zero attached hydrogens (tertiary/aromatic N) is 1. The molecule has 3 heteroatoms. The van der Waals surface area contributed by atoms with Crippen molar-refractivity contribution in [2.24, 2.45) is 5.73 Å². The smallest absolute Gasteiger partial charge is 0.0726 e. The zero-order chi connectivity index (χ0) is 11.0. The fraction of sp³-hybridized carbons (Fsp3) is 0.308. The van der Waals surface area contributed by atoms with Crippen LogP contribution in [0.3, 0.4) is 0 Å². The third-order valence-corrected chi connectivity index (χ3v) is 2.92. The Hall–Kier alpha value is -1.61. The van der Waals surface area contributed by atoms with Gasteiger partial charge in [0.1, 0.15) is 0 Å². The maximum Gasteiger partial charge on any atom is 0.0726 e. The van der Waals surface area contributed by atoms with Gasteiger partial charge in [-0.2, -0.15) is 0 Å². The highest BCUT2D eigenvalue weighted by Crippen LogP contribution is 2.29. The number of benzene rings is 1. The van der Waals surface area contributed by atoms with Crippen LogP contribution in [-0.4, -0.2) is 11.0 Å². The van der Waals surface area contributed by atoms with Crippen LogP contribution in [-0.2, 0) is 6.54 Å². The topological polar surface area (TPSA) is 50.9 Å². The monoisotopic (exact) mass is 213 g/mol. The van der Waals surface area contributed by atoms with E-state index >= 15 is 0 Å². The van der Waals surface area contributed by atoms with Crippen LogP contribution in [0.5, 0.6) is 0 Å². The minimum Gasteiger partial charge on any atom is -0.382 e. The van der Waals surface area contributed by atoms with Gasteiger partial charge in [0.2, 0.25) is 0 Å². The molecule has 1 aromatic heterocycles. The summed E-state index contributed by atoms with van der Waals surface area (Å²) in [5.74, 6) is 0. The minimum absolute atomic E-state index is 0.490. The largest absolute Gasteiger partial charge is 0.382 e. The molecular weight excluding hydrogens is 198 g/mol.